The number of aliphatic hydroxyl groups excluding tert-OH is 5. The fourth-order valence-corrected chi connectivity index (χ4v) is 9.10. The molecule has 1 aliphatic rings. The molecule has 1 fully saturated rings. The third-order valence-electron chi connectivity index (χ3n) is 12.6. The Kier molecular flexibility index (Phi) is 16.2. The number of aliphatic carboxylic acids is 1. The number of carbonyl (C=O) groups excluding carboxylic acids is 2. The van der Waals surface area contributed by atoms with Crippen molar-refractivity contribution in [2.24, 2.45) is 0 Å². The summed E-state index contributed by atoms with van der Waals surface area (Å²) < 4.78 is 25.9. The Labute approximate surface area is 410 Å². The lowest BCUT2D eigenvalue weighted by atomic mass is 9.66. The van der Waals surface area contributed by atoms with E-state index in [1.54, 1.807) is 12.3 Å². The first-order valence-corrected chi connectivity index (χ1v) is 23.0. The van der Waals surface area contributed by atoms with Gasteiger partial charge in [-0.05, 0) is 81.6 Å². The lowest BCUT2D eigenvalue weighted by molar-refractivity contribution is -0.401. The lowest BCUT2D eigenvalue weighted by Crippen LogP contribution is -2.86. The highest BCUT2D eigenvalue weighted by Crippen LogP contribution is 2.47. The average molecular weight is 1000 g/mol. The number of fused-ring (bicyclic) bond motifs is 2. The number of aliphatic hydroxyl groups is 7. The van der Waals surface area contributed by atoms with Crippen LogP contribution in [0.1, 0.15) is 37.3 Å². The molecule has 22 nitrogen and oxygen atoms in total. The molecule has 9 unspecified atom stereocenters. The number of carbonyl (C=O) groups is 3. The Morgan fingerprint density at radius 2 is 1.72 bits per heavy atom. The fraction of sp³-hybridized carbons (Fsp3) is 0.400. The van der Waals surface area contributed by atoms with Crippen LogP contribution in [-0.4, -0.2) is 160 Å². The van der Waals surface area contributed by atoms with E-state index in [-0.39, 0.29) is 47.4 Å². The summed E-state index contributed by atoms with van der Waals surface area (Å²) in [5.41, 5.74) is -6.37. The Bertz CT molecular complexity index is 2920. The summed E-state index contributed by atoms with van der Waals surface area (Å²) in [5, 5.41) is 108. The van der Waals surface area contributed by atoms with Gasteiger partial charge in [0.1, 0.15) is 35.3 Å². The SMILES string of the molecule is Cc1cc(C)cc(-c2c3[nH]ccc3cn2OC2C(Oc3ccc4c(=O)c(-c5ccc(O)cc5)coc4c3)OC(C(CO)(NCC(C)O)OC(=O)C(NCCC=O)C(=O)O)C(O)(CO)C2(O)C(O)CCCO)c1. The first-order chi connectivity index (χ1) is 34.3. The van der Waals surface area contributed by atoms with Crippen LogP contribution in [0.2, 0.25) is 0 Å². The lowest BCUT2D eigenvalue weighted by Gasteiger charge is -2.59. The second kappa shape index (κ2) is 22.0. The number of phenolic OH excluding ortho intramolecular Hbond substituents is 1. The number of rotatable bonds is 23. The number of hydrogen-bond acceptors (Lipinski definition) is 19. The number of ether oxygens (including phenoxy) is 3. The molecule has 1 aliphatic heterocycles. The number of aromatic nitrogens is 2. The molecule has 0 bridgehead atoms. The monoisotopic (exact) mass is 1000 g/mol. The number of nitrogens with one attached hydrogen (secondary N) is 3. The summed E-state index contributed by atoms with van der Waals surface area (Å²) in [6, 6.07) is 14.9. The minimum Gasteiger partial charge on any atom is -0.508 e. The molecule has 0 aliphatic carbocycles. The number of esters is 1. The Morgan fingerprint density at radius 3 is 2.36 bits per heavy atom. The fourth-order valence-electron chi connectivity index (χ4n) is 9.10. The molecular weight excluding hydrogens is 945 g/mol. The first-order valence-electron chi connectivity index (χ1n) is 23.0. The number of aryl methyl sites for hydroxylation is 2. The zero-order valence-corrected chi connectivity index (χ0v) is 39.4. The van der Waals surface area contributed by atoms with Gasteiger partial charge in [0.25, 0.3) is 0 Å². The van der Waals surface area contributed by atoms with Crippen LogP contribution in [0.3, 0.4) is 0 Å². The molecule has 1 saturated heterocycles. The summed E-state index contributed by atoms with van der Waals surface area (Å²) in [7, 11) is 0. The van der Waals surface area contributed by atoms with E-state index in [1.807, 2.05) is 32.0 Å². The summed E-state index contributed by atoms with van der Waals surface area (Å²) in [4.78, 5) is 61.3. The first kappa shape index (κ1) is 53.1. The molecule has 0 radical (unpaired) electrons. The molecule has 0 spiro atoms. The van der Waals surface area contributed by atoms with Crippen LogP contribution < -0.4 is 25.6 Å². The molecule has 22 heteroatoms. The Hall–Kier alpha value is -6.70. The second-order valence-electron chi connectivity index (χ2n) is 17.9. The van der Waals surface area contributed by atoms with E-state index in [2.05, 4.69) is 15.6 Å². The molecule has 7 rings (SSSR count). The average Bonchev–Trinajstić information content (AvgIpc) is 3.94. The van der Waals surface area contributed by atoms with Gasteiger partial charge in [-0.25, -0.2) is 9.59 Å². The van der Waals surface area contributed by atoms with E-state index in [0.29, 0.717) is 34.0 Å². The van der Waals surface area contributed by atoms with E-state index in [9.17, 15) is 65.1 Å². The minimum atomic E-state index is -3.38. The number of carboxylic acids is 1. The van der Waals surface area contributed by atoms with Crippen molar-refractivity contribution in [3.8, 4) is 33.9 Å². The van der Waals surface area contributed by atoms with Crippen molar-refractivity contribution < 1.29 is 83.8 Å². The van der Waals surface area contributed by atoms with Crippen molar-refractivity contribution in [3.05, 3.63) is 107 Å². The number of carboxylic acid groups (broad SMARTS) is 1. The van der Waals surface area contributed by atoms with Gasteiger partial charge in [0.05, 0.1) is 48.1 Å². The quantitative estimate of drug-likeness (QED) is 0.0139. The van der Waals surface area contributed by atoms with E-state index in [1.165, 1.54) is 66.6 Å². The normalized spacial score (nSPS) is 22.2. The highest BCUT2D eigenvalue weighted by molar-refractivity contribution is 5.98. The molecule has 6 aromatic rings. The third kappa shape index (κ3) is 10.3. The van der Waals surface area contributed by atoms with Crippen molar-refractivity contribution in [1.82, 2.24) is 20.3 Å². The van der Waals surface area contributed by atoms with Gasteiger partial charge in [0.15, 0.2) is 22.7 Å². The standard InChI is InChI=1S/C50H58N4O18/c1-27-18-28(2)20-32(19-27)41-39-31(13-15-52-39)23-54(41)72-43-46(69-34-11-12-35-37(21-34)68-24-36(42(35)62)30-7-9-33(60)10-8-30)70-47(48(66,25-57)50(43,67)38(61)6-4-16-55)49(26-58,53-22-29(3)59)71-45(65)40(44(63)64)51-14-5-17-56/h7-13,15,17-21,23-24,29,38,40,43,46-47,51-53,55,57-61,66-67H,4-6,14,16,22,25-26H2,1-3H3,(H,63,64). The number of aldehydes is 1. The summed E-state index contributed by atoms with van der Waals surface area (Å²) >= 11 is 0. The number of phenols is 1. The van der Waals surface area contributed by atoms with Gasteiger partial charge in [0, 0.05) is 49.3 Å². The summed E-state index contributed by atoms with van der Waals surface area (Å²) in [6.45, 7) is 0.493. The van der Waals surface area contributed by atoms with E-state index < -0.39 is 104 Å². The number of hydrogen-bond donors (Lipinski definition) is 12. The largest absolute Gasteiger partial charge is 0.508 e. The van der Waals surface area contributed by atoms with Crippen molar-refractivity contribution in [3.63, 3.8) is 0 Å². The minimum absolute atomic E-state index is 0.0260. The van der Waals surface area contributed by atoms with Crippen molar-refractivity contribution >= 4 is 40.1 Å². The van der Waals surface area contributed by atoms with Crippen molar-refractivity contribution in [1.29, 1.82) is 0 Å². The Balaban J connectivity index is 1.45. The van der Waals surface area contributed by atoms with Crippen LogP contribution in [0.15, 0.2) is 94.6 Å². The van der Waals surface area contributed by atoms with Gasteiger partial charge < -0.3 is 79.2 Å². The molecule has 12 N–H and O–H groups in total. The van der Waals surface area contributed by atoms with Crippen LogP contribution >= 0.6 is 0 Å². The summed E-state index contributed by atoms with van der Waals surface area (Å²) in [6.07, 6.45) is -6.62. The molecule has 0 amide bonds. The van der Waals surface area contributed by atoms with Crippen LogP contribution in [0.4, 0.5) is 0 Å². The maximum absolute atomic E-state index is 14.0. The number of benzene rings is 3. The predicted octanol–water partition coefficient (Wildman–Crippen LogP) is 0.755. The topological polar surface area (TPSA) is 345 Å². The van der Waals surface area contributed by atoms with Crippen LogP contribution in [-0.2, 0) is 23.9 Å². The smallest absolute Gasteiger partial charge is 0.336 e. The zero-order chi connectivity index (χ0) is 52.1. The second-order valence-corrected chi connectivity index (χ2v) is 17.9. The molecule has 72 heavy (non-hydrogen) atoms. The molecule has 4 heterocycles. The van der Waals surface area contributed by atoms with Gasteiger partial charge in [0.2, 0.25) is 24.2 Å². The molecule has 0 saturated carbocycles. The van der Waals surface area contributed by atoms with Crippen LogP contribution in [0, 0.1) is 13.8 Å². The molecule has 9 atom stereocenters. The van der Waals surface area contributed by atoms with Crippen molar-refractivity contribution in [2.75, 3.05) is 32.9 Å². The van der Waals surface area contributed by atoms with Gasteiger partial charge in [-0.15, -0.1) is 0 Å². The maximum atomic E-state index is 14.0. The number of aromatic amines is 1. The maximum Gasteiger partial charge on any atom is 0.336 e. The highest BCUT2D eigenvalue weighted by Gasteiger charge is 2.74. The van der Waals surface area contributed by atoms with Gasteiger partial charge in [-0.2, -0.15) is 4.73 Å². The molecular formula is C50H58N4O18. The van der Waals surface area contributed by atoms with Gasteiger partial charge in [-0.3, -0.25) is 15.4 Å². The third-order valence-corrected chi connectivity index (χ3v) is 12.6. The number of H-pyrrole nitrogens is 1. The predicted molar refractivity (Wildman–Crippen MR) is 255 cm³/mol. The molecule has 386 valence electrons. The molecule has 3 aromatic carbocycles. The van der Waals surface area contributed by atoms with E-state index >= 15 is 0 Å². The number of nitrogens with zero attached hydrogens (tertiary/aromatic N) is 1. The zero-order valence-electron chi connectivity index (χ0n) is 39.4. The van der Waals surface area contributed by atoms with Crippen molar-refractivity contribution in [2.45, 2.75) is 93.7 Å². The molecule has 3 aromatic heterocycles. The van der Waals surface area contributed by atoms with E-state index in [4.69, 9.17) is 23.5 Å². The van der Waals surface area contributed by atoms with Gasteiger partial charge in [-0.1, -0.05) is 29.3 Å². The van der Waals surface area contributed by atoms with E-state index in [0.717, 1.165) is 11.1 Å². The van der Waals surface area contributed by atoms with Crippen LogP contribution in [0.25, 0.3) is 44.3 Å². The Morgan fingerprint density at radius 1 is 1.00 bits per heavy atom. The number of aromatic hydroxyl groups is 1. The van der Waals surface area contributed by atoms with Crippen LogP contribution in [0.5, 0.6) is 11.5 Å². The summed E-state index contributed by atoms with van der Waals surface area (Å²) in [5.74, 6) is -3.66. The highest BCUT2D eigenvalue weighted by atomic mass is 16.8. The van der Waals surface area contributed by atoms with Gasteiger partial charge >= 0.3 is 11.9 Å².